The number of nitrogens with zero attached hydrogens (tertiary/aromatic N) is 2. The van der Waals surface area contributed by atoms with Crippen molar-refractivity contribution in [3.63, 3.8) is 0 Å². The highest BCUT2D eigenvalue weighted by atomic mass is 35.5. The molecule has 2 rings (SSSR count). The summed E-state index contributed by atoms with van der Waals surface area (Å²) in [7, 11) is 0. The molecule has 0 N–H and O–H groups in total. The summed E-state index contributed by atoms with van der Waals surface area (Å²) in [5.41, 5.74) is 0.526. The van der Waals surface area contributed by atoms with Crippen molar-refractivity contribution in [1.82, 2.24) is 9.78 Å². The molecule has 15 heavy (non-hydrogen) atoms. The third-order valence-electron chi connectivity index (χ3n) is 1.79. The van der Waals surface area contributed by atoms with Gasteiger partial charge in [-0.25, -0.2) is 4.68 Å². The minimum Gasteiger partial charge on any atom is -0.219 e. The summed E-state index contributed by atoms with van der Waals surface area (Å²) in [6.07, 6.45) is 1.56. The standard InChI is InChI=1S/C9H4Cl4N2/c10-5-3-6(11)9(7(12)4-5)15-8(13)1-2-14-15/h1-4H. The van der Waals surface area contributed by atoms with Crippen molar-refractivity contribution in [2.45, 2.75) is 0 Å². The van der Waals surface area contributed by atoms with Gasteiger partial charge in [0, 0.05) is 5.02 Å². The van der Waals surface area contributed by atoms with Gasteiger partial charge in [-0.2, -0.15) is 5.10 Å². The van der Waals surface area contributed by atoms with Crippen LogP contribution in [-0.4, -0.2) is 9.78 Å². The Morgan fingerprint density at radius 3 is 2.07 bits per heavy atom. The molecule has 6 heteroatoms. The minimum atomic E-state index is 0.401. The molecule has 0 aliphatic heterocycles. The molecule has 0 spiro atoms. The molecule has 0 unspecified atom stereocenters. The van der Waals surface area contributed by atoms with Gasteiger partial charge in [0.25, 0.3) is 0 Å². The fourth-order valence-electron chi connectivity index (χ4n) is 1.19. The molecule has 0 aliphatic carbocycles. The quantitative estimate of drug-likeness (QED) is 0.753. The van der Waals surface area contributed by atoms with Gasteiger partial charge in [-0.15, -0.1) is 0 Å². The number of hydrogen-bond acceptors (Lipinski definition) is 1. The first-order valence-corrected chi connectivity index (χ1v) is 5.45. The van der Waals surface area contributed by atoms with Crippen molar-refractivity contribution in [1.29, 1.82) is 0 Å². The predicted molar refractivity (Wildman–Crippen MR) is 63.6 cm³/mol. The van der Waals surface area contributed by atoms with Gasteiger partial charge < -0.3 is 0 Å². The van der Waals surface area contributed by atoms with Crippen LogP contribution in [0.1, 0.15) is 0 Å². The topological polar surface area (TPSA) is 17.8 Å². The maximum absolute atomic E-state index is 6.01. The Hall–Kier alpha value is -0.410. The summed E-state index contributed by atoms with van der Waals surface area (Å²) in [6, 6.07) is 4.81. The molecule has 1 aromatic heterocycles. The monoisotopic (exact) mass is 280 g/mol. The molecule has 2 nitrogen and oxygen atoms in total. The fraction of sp³-hybridized carbons (Fsp3) is 0. The van der Waals surface area contributed by atoms with Crippen LogP contribution >= 0.6 is 46.4 Å². The smallest absolute Gasteiger partial charge is 0.132 e. The van der Waals surface area contributed by atoms with E-state index in [1.807, 2.05) is 0 Å². The van der Waals surface area contributed by atoms with Crippen LogP contribution in [0.25, 0.3) is 5.69 Å². The van der Waals surface area contributed by atoms with Crippen LogP contribution in [0.15, 0.2) is 24.4 Å². The van der Waals surface area contributed by atoms with Crippen LogP contribution in [0.5, 0.6) is 0 Å². The van der Waals surface area contributed by atoms with Crippen molar-refractivity contribution < 1.29 is 0 Å². The van der Waals surface area contributed by atoms with E-state index >= 15 is 0 Å². The zero-order chi connectivity index (χ0) is 11.0. The Morgan fingerprint density at radius 1 is 1.00 bits per heavy atom. The molecule has 0 saturated carbocycles. The number of benzene rings is 1. The van der Waals surface area contributed by atoms with Crippen molar-refractivity contribution in [3.05, 3.63) is 44.6 Å². The number of rotatable bonds is 1. The van der Waals surface area contributed by atoms with Crippen LogP contribution in [0.4, 0.5) is 0 Å². The van der Waals surface area contributed by atoms with Gasteiger partial charge in [-0.05, 0) is 18.2 Å². The first-order chi connectivity index (χ1) is 7.09. The Morgan fingerprint density at radius 2 is 1.60 bits per heavy atom. The van der Waals surface area contributed by atoms with Crippen molar-refractivity contribution >= 4 is 46.4 Å². The lowest BCUT2D eigenvalue weighted by atomic mass is 10.3. The molecule has 2 aromatic rings. The van der Waals surface area contributed by atoms with E-state index in [4.69, 9.17) is 46.4 Å². The molecular weight excluding hydrogens is 278 g/mol. The van der Waals surface area contributed by atoms with E-state index in [1.165, 1.54) is 4.68 Å². The van der Waals surface area contributed by atoms with Crippen LogP contribution < -0.4 is 0 Å². The average molecular weight is 282 g/mol. The highest BCUT2D eigenvalue weighted by Crippen LogP contribution is 2.33. The normalized spacial score (nSPS) is 10.7. The first kappa shape index (κ1) is 11.1. The second kappa shape index (κ2) is 4.22. The van der Waals surface area contributed by atoms with Crippen LogP contribution in [0.2, 0.25) is 20.2 Å². The molecule has 0 radical (unpaired) electrons. The third-order valence-corrected chi connectivity index (χ3v) is 2.87. The second-order valence-corrected chi connectivity index (χ2v) is 4.42. The van der Waals surface area contributed by atoms with Crippen LogP contribution in [-0.2, 0) is 0 Å². The van der Waals surface area contributed by atoms with Crippen LogP contribution in [0, 0.1) is 0 Å². The SMILES string of the molecule is Clc1cc(Cl)c(-n2nccc2Cl)c(Cl)c1. The lowest BCUT2D eigenvalue weighted by Crippen LogP contribution is -1.98. The molecule has 0 atom stereocenters. The third kappa shape index (κ3) is 2.08. The summed E-state index contributed by atoms with van der Waals surface area (Å²) in [4.78, 5) is 0. The van der Waals surface area contributed by atoms with Crippen molar-refractivity contribution in [2.75, 3.05) is 0 Å². The van der Waals surface area contributed by atoms with Gasteiger partial charge in [0.05, 0.1) is 16.2 Å². The van der Waals surface area contributed by atoms with Gasteiger partial charge in [-0.3, -0.25) is 0 Å². The Bertz CT molecular complexity index is 484. The van der Waals surface area contributed by atoms with Gasteiger partial charge in [-0.1, -0.05) is 46.4 Å². The van der Waals surface area contributed by atoms with Crippen molar-refractivity contribution in [2.24, 2.45) is 0 Å². The molecule has 1 heterocycles. The summed E-state index contributed by atoms with van der Waals surface area (Å²) in [5, 5.41) is 5.71. The zero-order valence-corrected chi connectivity index (χ0v) is 10.2. The van der Waals surface area contributed by atoms with E-state index in [2.05, 4.69) is 5.10 Å². The Kier molecular flexibility index (Phi) is 3.12. The fourth-order valence-corrected chi connectivity index (χ4v) is 2.35. The number of aromatic nitrogens is 2. The van der Waals surface area contributed by atoms with E-state index < -0.39 is 0 Å². The first-order valence-electron chi connectivity index (χ1n) is 3.94. The van der Waals surface area contributed by atoms with E-state index in [9.17, 15) is 0 Å². The average Bonchev–Trinajstić information content (AvgIpc) is 2.50. The summed E-state index contributed by atoms with van der Waals surface area (Å²) >= 11 is 23.7. The summed E-state index contributed by atoms with van der Waals surface area (Å²) in [5.74, 6) is 0. The van der Waals surface area contributed by atoms with Gasteiger partial charge in [0.1, 0.15) is 10.8 Å². The molecular formula is C9H4Cl4N2. The van der Waals surface area contributed by atoms with Gasteiger partial charge in [0.2, 0.25) is 0 Å². The van der Waals surface area contributed by atoms with E-state index in [0.717, 1.165) is 0 Å². The maximum Gasteiger partial charge on any atom is 0.132 e. The molecule has 1 aromatic carbocycles. The lowest BCUT2D eigenvalue weighted by molar-refractivity contribution is 0.882. The predicted octanol–water partition coefficient (Wildman–Crippen LogP) is 4.49. The number of halogens is 4. The highest BCUT2D eigenvalue weighted by Gasteiger charge is 2.12. The Labute approximate surface area is 106 Å². The molecule has 0 amide bonds. The Balaban J connectivity index is 2.68. The van der Waals surface area contributed by atoms with Gasteiger partial charge >= 0.3 is 0 Å². The molecule has 0 bridgehead atoms. The highest BCUT2D eigenvalue weighted by molar-refractivity contribution is 6.41. The van der Waals surface area contributed by atoms with E-state index in [0.29, 0.717) is 25.9 Å². The molecule has 0 saturated heterocycles. The summed E-state index contributed by atoms with van der Waals surface area (Å²) in [6.45, 7) is 0. The van der Waals surface area contributed by atoms with Gasteiger partial charge in [0.15, 0.2) is 0 Å². The lowest BCUT2D eigenvalue weighted by Gasteiger charge is -2.08. The largest absolute Gasteiger partial charge is 0.219 e. The molecule has 0 aliphatic rings. The summed E-state index contributed by atoms with van der Waals surface area (Å²) < 4.78 is 1.45. The van der Waals surface area contributed by atoms with Crippen LogP contribution in [0.3, 0.4) is 0 Å². The number of hydrogen-bond donors (Lipinski definition) is 0. The minimum absolute atomic E-state index is 0.401. The molecule has 0 fully saturated rings. The molecule has 78 valence electrons. The zero-order valence-electron chi connectivity index (χ0n) is 7.22. The van der Waals surface area contributed by atoms with E-state index in [-0.39, 0.29) is 0 Å². The van der Waals surface area contributed by atoms with Crippen molar-refractivity contribution in [3.8, 4) is 5.69 Å². The second-order valence-electron chi connectivity index (χ2n) is 2.78. The maximum atomic E-state index is 6.01. The van der Waals surface area contributed by atoms with E-state index in [1.54, 1.807) is 24.4 Å².